The van der Waals surface area contributed by atoms with Crippen LogP contribution in [0.2, 0.25) is 0 Å². The van der Waals surface area contributed by atoms with Gasteiger partial charge in [-0.25, -0.2) is 0 Å². The quantitative estimate of drug-likeness (QED) is 0.612. The van der Waals surface area contributed by atoms with E-state index in [1.165, 1.54) is 0 Å². The number of methoxy groups -OCH3 is 1. The summed E-state index contributed by atoms with van der Waals surface area (Å²) in [6, 6.07) is 10.2. The highest BCUT2D eigenvalue weighted by molar-refractivity contribution is 5.91. The number of aromatic amines is 1. The highest BCUT2D eigenvalue weighted by Crippen LogP contribution is 2.34. The summed E-state index contributed by atoms with van der Waals surface area (Å²) >= 11 is 0. The van der Waals surface area contributed by atoms with E-state index in [0.717, 1.165) is 39.1 Å². The van der Waals surface area contributed by atoms with Gasteiger partial charge in [0.15, 0.2) is 5.65 Å². The van der Waals surface area contributed by atoms with Crippen LogP contribution >= 0.6 is 0 Å². The van der Waals surface area contributed by atoms with Crippen LogP contribution in [-0.4, -0.2) is 26.7 Å². The molecule has 5 heteroatoms. The Kier molecular flexibility index (Phi) is 2.47. The number of pyridine rings is 1. The molecular weight excluding hydrogens is 264 g/mol. The maximum atomic E-state index is 5.57. The minimum Gasteiger partial charge on any atom is -0.496 e. The fourth-order valence-electron chi connectivity index (χ4n) is 2.76. The molecule has 3 aromatic heterocycles. The van der Waals surface area contributed by atoms with Crippen molar-refractivity contribution in [3.8, 4) is 17.0 Å². The summed E-state index contributed by atoms with van der Waals surface area (Å²) < 4.78 is 7.56. The molecule has 0 amide bonds. The number of fused-ring (bicyclic) bond motifs is 3. The highest BCUT2D eigenvalue weighted by Gasteiger charge is 2.12. The first-order valence-electron chi connectivity index (χ1n) is 6.73. The lowest BCUT2D eigenvalue weighted by Gasteiger charge is -2.12. The second kappa shape index (κ2) is 4.34. The average Bonchev–Trinajstić information content (AvgIpc) is 3.17. The molecule has 0 bridgehead atoms. The molecule has 4 rings (SSSR count). The van der Waals surface area contributed by atoms with Crippen LogP contribution in [0.3, 0.4) is 0 Å². The van der Waals surface area contributed by atoms with Gasteiger partial charge in [-0.2, -0.15) is 0 Å². The number of ether oxygens (including phenoxy) is 1. The third-order valence-corrected chi connectivity index (χ3v) is 3.81. The standard InChI is InChI=1S/C16H14N4O/c1-10-6-16-19-18-9-20(16)14-7-12(13-4-3-5-17-13)15(21-2)8-11(10)14/h3-9,17H,1-2H3. The second-order valence-electron chi connectivity index (χ2n) is 5.04. The van der Waals surface area contributed by atoms with Crippen molar-refractivity contribution < 1.29 is 4.74 Å². The van der Waals surface area contributed by atoms with Crippen LogP contribution in [0, 0.1) is 6.92 Å². The fourth-order valence-corrected chi connectivity index (χ4v) is 2.76. The summed E-state index contributed by atoms with van der Waals surface area (Å²) in [7, 11) is 1.69. The molecule has 0 unspecified atom stereocenters. The highest BCUT2D eigenvalue weighted by atomic mass is 16.5. The molecule has 0 saturated carbocycles. The van der Waals surface area contributed by atoms with Gasteiger partial charge in [0.1, 0.15) is 12.1 Å². The van der Waals surface area contributed by atoms with Gasteiger partial charge in [0.05, 0.1) is 12.6 Å². The van der Waals surface area contributed by atoms with Gasteiger partial charge in [-0.15, -0.1) is 10.2 Å². The lowest BCUT2D eigenvalue weighted by molar-refractivity contribution is 0.417. The Hall–Kier alpha value is -2.82. The summed E-state index contributed by atoms with van der Waals surface area (Å²) in [6.07, 6.45) is 3.64. The normalized spacial score (nSPS) is 11.3. The molecule has 104 valence electrons. The number of benzene rings is 1. The molecule has 1 N–H and O–H groups in total. The summed E-state index contributed by atoms with van der Waals surface area (Å²) in [5.41, 5.74) is 5.12. The van der Waals surface area contributed by atoms with Gasteiger partial charge in [-0.1, -0.05) is 0 Å². The smallest absolute Gasteiger partial charge is 0.161 e. The molecule has 0 saturated heterocycles. The van der Waals surface area contributed by atoms with Gasteiger partial charge >= 0.3 is 0 Å². The largest absolute Gasteiger partial charge is 0.496 e. The molecule has 4 aromatic rings. The summed E-state index contributed by atoms with van der Waals surface area (Å²) in [5, 5.41) is 9.27. The first kappa shape index (κ1) is 12.0. The molecule has 0 aliphatic carbocycles. The maximum Gasteiger partial charge on any atom is 0.161 e. The van der Waals surface area contributed by atoms with Gasteiger partial charge in [-0.05, 0) is 42.8 Å². The van der Waals surface area contributed by atoms with E-state index in [4.69, 9.17) is 4.74 Å². The summed E-state index contributed by atoms with van der Waals surface area (Å²) in [6.45, 7) is 2.07. The van der Waals surface area contributed by atoms with Gasteiger partial charge < -0.3 is 9.72 Å². The Labute approximate surface area is 121 Å². The van der Waals surface area contributed by atoms with Crippen molar-refractivity contribution in [3.05, 3.63) is 48.4 Å². The van der Waals surface area contributed by atoms with Crippen molar-refractivity contribution in [1.29, 1.82) is 0 Å². The third-order valence-electron chi connectivity index (χ3n) is 3.81. The van der Waals surface area contributed by atoms with Crippen LogP contribution in [0.4, 0.5) is 0 Å². The van der Waals surface area contributed by atoms with Crippen molar-refractivity contribution >= 4 is 16.6 Å². The van der Waals surface area contributed by atoms with E-state index in [1.54, 1.807) is 13.4 Å². The predicted octanol–water partition coefficient (Wildman–Crippen LogP) is 3.19. The Morgan fingerprint density at radius 3 is 2.90 bits per heavy atom. The number of aromatic nitrogens is 4. The number of nitrogens with one attached hydrogen (secondary N) is 1. The molecule has 3 heterocycles. The number of nitrogens with zero attached hydrogens (tertiary/aromatic N) is 3. The molecule has 5 nitrogen and oxygen atoms in total. The van der Waals surface area contributed by atoms with Crippen molar-refractivity contribution in [1.82, 2.24) is 19.6 Å². The minimum atomic E-state index is 0.848. The van der Waals surface area contributed by atoms with E-state index in [-0.39, 0.29) is 0 Å². The topological polar surface area (TPSA) is 55.2 Å². The zero-order valence-corrected chi connectivity index (χ0v) is 11.8. The predicted molar refractivity (Wildman–Crippen MR) is 81.6 cm³/mol. The number of rotatable bonds is 2. The maximum absolute atomic E-state index is 5.57. The minimum absolute atomic E-state index is 0.848. The number of hydrogen-bond donors (Lipinski definition) is 1. The summed E-state index contributed by atoms with van der Waals surface area (Å²) in [4.78, 5) is 3.23. The first-order chi connectivity index (χ1) is 10.3. The van der Waals surface area contributed by atoms with Crippen LogP contribution in [0.5, 0.6) is 5.75 Å². The van der Waals surface area contributed by atoms with Crippen molar-refractivity contribution in [2.24, 2.45) is 0 Å². The molecule has 0 aliphatic heterocycles. The van der Waals surface area contributed by atoms with Crippen molar-refractivity contribution in [2.45, 2.75) is 6.92 Å². The number of H-pyrrole nitrogens is 1. The zero-order valence-electron chi connectivity index (χ0n) is 11.8. The van der Waals surface area contributed by atoms with E-state index in [1.807, 2.05) is 28.8 Å². The lowest BCUT2D eigenvalue weighted by Crippen LogP contribution is -1.94. The Balaban J connectivity index is 2.15. The van der Waals surface area contributed by atoms with E-state index in [0.29, 0.717) is 0 Å². The monoisotopic (exact) mass is 278 g/mol. The van der Waals surface area contributed by atoms with Crippen LogP contribution in [0.15, 0.2) is 42.9 Å². The van der Waals surface area contributed by atoms with Gasteiger partial charge in [0.25, 0.3) is 0 Å². The van der Waals surface area contributed by atoms with Gasteiger partial charge in [0, 0.05) is 22.8 Å². The first-order valence-corrected chi connectivity index (χ1v) is 6.73. The third kappa shape index (κ3) is 1.71. The molecule has 0 spiro atoms. The van der Waals surface area contributed by atoms with Crippen molar-refractivity contribution in [3.63, 3.8) is 0 Å². The Morgan fingerprint density at radius 2 is 2.14 bits per heavy atom. The van der Waals surface area contributed by atoms with Crippen LogP contribution in [0.25, 0.3) is 27.8 Å². The fraction of sp³-hybridized carbons (Fsp3) is 0.125. The van der Waals surface area contributed by atoms with Crippen LogP contribution in [-0.2, 0) is 0 Å². The van der Waals surface area contributed by atoms with E-state index in [9.17, 15) is 0 Å². The van der Waals surface area contributed by atoms with Crippen LogP contribution in [0.1, 0.15) is 5.56 Å². The molecule has 0 radical (unpaired) electrons. The van der Waals surface area contributed by atoms with Crippen molar-refractivity contribution in [2.75, 3.05) is 7.11 Å². The molecule has 0 fully saturated rings. The molecular formula is C16H14N4O. The van der Waals surface area contributed by atoms with Gasteiger partial charge in [0.2, 0.25) is 0 Å². The Morgan fingerprint density at radius 1 is 1.24 bits per heavy atom. The van der Waals surface area contributed by atoms with E-state index >= 15 is 0 Å². The lowest BCUT2D eigenvalue weighted by atomic mass is 10.0. The number of hydrogen-bond acceptors (Lipinski definition) is 3. The summed E-state index contributed by atoms with van der Waals surface area (Å²) in [5.74, 6) is 0.848. The second-order valence-corrected chi connectivity index (χ2v) is 5.04. The van der Waals surface area contributed by atoms with E-state index in [2.05, 4.69) is 34.2 Å². The molecule has 1 aromatic carbocycles. The molecule has 0 aliphatic rings. The van der Waals surface area contributed by atoms with Crippen LogP contribution < -0.4 is 4.74 Å². The Bertz CT molecular complexity index is 938. The average molecular weight is 278 g/mol. The van der Waals surface area contributed by atoms with E-state index < -0.39 is 0 Å². The zero-order chi connectivity index (χ0) is 14.4. The number of aryl methyl sites for hydroxylation is 1. The molecule has 21 heavy (non-hydrogen) atoms. The van der Waals surface area contributed by atoms with Gasteiger partial charge in [-0.3, -0.25) is 4.40 Å². The SMILES string of the molecule is COc1cc2c(C)cc3nncn3c2cc1-c1ccc[nH]1. The molecule has 0 atom stereocenters.